The van der Waals surface area contributed by atoms with Gasteiger partial charge >= 0.3 is 0 Å². The molecule has 32 heavy (non-hydrogen) atoms. The molecule has 1 aliphatic rings. The second-order valence-electron chi connectivity index (χ2n) is 7.57. The largest absolute Gasteiger partial charge is 0.507 e. The van der Waals surface area contributed by atoms with Gasteiger partial charge in [-0.2, -0.15) is 0 Å². The first-order chi connectivity index (χ1) is 15.5. The summed E-state index contributed by atoms with van der Waals surface area (Å²) in [5.41, 5.74) is 2.76. The zero-order valence-electron chi connectivity index (χ0n) is 18.0. The number of ketones is 1. The van der Waals surface area contributed by atoms with E-state index in [1.165, 1.54) is 4.90 Å². The molecule has 6 nitrogen and oxygen atoms in total. The summed E-state index contributed by atoms with van der Waals surface area (Å²) < 4.78 is 5.58. The first kappa shape index (κ1) is 21.3. The van der Waals surface area contributed by atoms with Crippen molar-refractivity contribution in [1.29, 1.82) is 0 Å². The van der Waals surface area contributed by atoms with E-state index in [1.807, 2.05) is 50.2 Å². The molecule has 0 aliphatic carbocycles. The predicted molar refractivity (Wildman–Crippen MR) is 121 cm³/mol. The fraction of sp³-hybridized carbons (Fsp3) is 0.192. The van der Waals surface area contributed by atoms with Crippen LogP contribution in [0.2, 0.25) is 0 Å². The molecule has 0 radical (unpaired) electrons. The van der Waals surface area contributed by atoms with E-state index in [1.54, 1.807) is 36.5 Å². The molecule has 1 N–H and O–H groups in total. The fourth-order valence-corrected chi connectivity index (χ4v) is 3.96. The van der Waals surface area contributed by atoms with Crippen molar-refractivity contribution in [1.82, 2.24) is 9.88 Å². The molecule has 6 heteroatoms. The summed E-state index contributed by atoms with van der Waals surface area (Å²) in [7, 11) is 0. The van der Waals surface area contributed by atoms with Gasteiger partial charge in [0, 0.05) is 11.8 Å². The lowest BCUT2D eigenvalue weighted by molar-refractivity contribution is -0.140. The summed E-state index contributed by atoms with van der Waals surface area (Å²) in [5.74, 6) is -0.862. The van der Waals surface area contributed by atoms with Crippen LogP contribution in [0.4, 0.5) is 0 Å². The number of aryl methyl sites for hydroxylation is 1. The Bertz CT molecular complexity index is 1170. The van der Waals surface area contributed by atoms with E-state index in [-0.39, 0.29) is 17.9 Å². The maximum Gasteiger partial charge on any atom is 0.296 e. The molecule has 162 valence electrons. The zero-order chi connectivity index (χ0) is 22.7. The lowest BCUT2D eigenvalue weighted by atomic mass is 9.95. The number of amides is 1. The summed E-state index contributed by atoms with van der Waals surface area (Å²) in [6.45, 7) is 4.45. The maximum atomic E-state index is 13.1. The number of aliphatic hydroxyl groups is 1. The second-order valence-corrected chi connectivity index (χ2v) is 7.57. The Morgan fingerprint density at radius 1 is 1.06 bits per heavy atom. The standard InChI is InChI=1S/C26H24N2O4/c1-3-32-21-13-12-19(15-17(21)2)24(29)22-23(18-9-5-4-6-10-18)28(26(31)25(22)30)16-20-11-7-8-14-27-20/h4-15,23,29H,3,16H2,1-2H3/b24-22-. The van der Waals surface area contributed by atoms with Gasteiger partial charge in [0.15, 0.2) is 0 Å². The number of hydrogen-bond donors (Lipinski definition) is 1. The minimum Gasteiger partial charge on any atom is -0.507 e. The Morgan fingerprint density at radius 2 is 1.81 bits per heavy atom. The Hall–Kier alpha value is -3.93. The maximum absolute atomic E-state index is 13.1. The van der Waals surface area contributed by atoms with Gasteiger partial charge in [-0.05, 0) is 55.3 Å². The van der Waals surface area contributed by atoms with E-state index in [0.717, 1.165) is 11.1 Å². The van der Waals surface area contributed by atoms with Gasteiger partial charge in [0.05, 0.1) is 30.5 Å². The van der Waals surface area contributed by atoms with E-state index >= 15 is 0 Å². The number of carbonyl (C=O) groups excluding carboxylic acids is 2. The number of hydrogen-bond acceptors (Lipinski definition) is 5. The highest BCUT2D eigenvalue weighted by Gasteiger charge is 2.46. The van der Waals surface area contributed by atoms with Crippen molar-refractivity contribution in [3.63, 3.8) is 0 Å². The van der Waals surface area contributed by atoms with Crippen molar-refractivity contribution in [3.05, 3.63) is 101 Å². The third-order valence-corrected chi connectivity index (χ3v) is 5.46. The lowest BCUT2D eigenvalue weighted by Gasteiger charge is -2.25. The molecule has 1 atom stereocenters. The summed E-state index contributed by atoms with van der Waals surface area (Å²) >= 11 is 0. The van der Waals surface area contributed by atoms with Gasteiger partial charge < -0.3 is 14.7 Å². The Balaban J connectivity index is 1.83. The highest BCUT2D eigenvalue weighted by Crippen LogP contribution is 2.40. The normalized spacial score (nSPS) is 17.6. The van der Waals surface area contributed by atoms with Gasteiger partial charge in [-0.3, -0.25) is 14.6 Å². The highest BCUT2D eigenvalue weighted by molar-refractivity contribution is 6.46. The monoisotopic (exact) mass is 428 g/mol. The Labute approximate surface area is 186 Å². The van der Waals surface area contributed by atoms with E-state index in [2.05, 4.69) is 4.98 Å². The fourth-order valence-electron chi connectivity index (χ4n) is 3.96. The van der Waals surface area contributed by atoms with Crippen LogP contribution >= 0.6 is 0 Å². The van der Waals surface area contributed by atoms with Gasteiger partial charge in [-0.25, -0.2) is 0 Å². The third kappa shape index (κ3) is 3.99. The minimum atomic E-state index is -0.718. The molecular weight excluding hydrogens is 404 g/mol. The molecule has 2 aromatic carbocycles. The number of ether oxygens (including phenoxy) is 1. The van der Waals surface area contributed by atoms with E-state index in [4.69, 9.17) is 4.74 Å². The van der Waals surface area contributed by atoms with Crippen LogP contribution in [0.3, 0.4) is 0 Å². The van der Waals surface area contributed by atoms with Gasteiger partial charge in [0.1, 0.15) is 11.5 Å². The van der Waals surface area contributed by atoms with Crippen LogP contribution in [0.5, 0.6) is 5.75 Å². The van der Waals surface area contributed by atoms with E-state index in [0.29, 0.717) is 23.6 Å². The number of rotatable bonds is 6. The van der Waals surface area contributed by atoms with Crippen molar-refractivity contribution in [2.24, 2.45) is 0 Å². The number of pyridine rings is 1. The van der Waals surface area contributed by atoms with Gasteiger partial charge in [-0.15, -0.1) is 0 Å². The van der Waals surface area contributed by atoms with Crippen LogP contribution < -0.4 is 4.74 Å². The summed E-state index contributed by atoms with van der Waals surface area (Å²) in [6, 6.07) is 19.2. The van der Waals surface area contributed by atoms with Crippen molar-refractivity contribution >= 4 is 17.4 Å². The van der Waals surface area contributed by atoms with Crippen molar-refractivity contribution in [2.45, 2.75) is 26.4 Å². The van der Waals surface area contributed by atoms with E-state index < -0.39 is 17.7 Å². The van der Waals surface area contributed by atoms with E-state index in [9.17, 15) is 14.7 Å². The number of Topliss-reactive ketones (excluding diaryl/α,β-unsaturated/α-hetero) is 1. The average Bonchev–Trinajstić information content (AvgIpc) is 3.06. The molecule has 0 saturated carbocycles. The summed E-state index contributed by atoms with van der Waals surface area (Å²) in [6.07, 6.45) is 1.64. The van der Waals surface area contributed by atoms with Crippen molar-refractivity contribution in [2.75, 3.05) is 6.61 Å². The molecule has 1 aromatic heterocycles. The van der Waals surface area contributed by atoms with Crippen LogP contribution in [0.25, 0.3) is 5.76 Å². The molecule has 0 spiro atoms. The minimum absolute atomic E-state index is 0.0701. The lowest BCUT2D eigenvalue weighted by Crippen LogP contribution is -2.29. The number of benzene rings is 2. The van der Waals surface area contributed by atoms with Crippen LogP contribution in [0.15, 0.2) is 78.5 Å². The number of carbonyl (C=O) groups is 2. The first-order valence-corrected chi connectivity index (χ1v) is 10.5. The first-order valence-electron chi connectivity index (χ1n) is 10.5. The molecule has 4 rings (SSSR count). The predicted octanol–water partition coefficient (Wildman–Crippen LogP) is 4.41. The molecule has 2 heterocycles. The molecule has 1 fully saturated rings. The molecular formula is C26H24N2O4. The van der Waals surface area contributed by atoms with Gasteiger partial charge in [-0.1, -0.05) is 36.4 Å². The van der Waals surface area contributed by atoms with Crippen LogP contribution in [0.1, 0.15) is 35.3 Å². The molecule has 1 amide bonds. The average molecular weight is 428 g/mol. The van der Waals surface area contributed by atoms with Crippen LogP contribution in [0, 0.1) is 6.92 Å². The third-order valence-electron chi connectivity index (χ3n) is 5.46. The van der Waals surface area contributed by atoms with Gasteiger partial charge in [0.25, 0.3) is 11.7 Å². The summed E-state index contributed by atoms with van der Waals surface area (Å²) in [4.78, 5) is 31.9. The van der Waals surface area contributed by atoms with Crippen LogP contribution in [-0.4, -0.2) is 33.3 Å². The molecule has 0 bridgehead atoms. The SMILES string of the molecule is CCOc1ccc(/C(O)=C2/C(=O)C(=O)N(Cc3ccccn3)C2c2ccccc2)cc1C. The number of likely N-dealkylation sites (tertiary alicyclic amines) is 1. The molecule has 1 saturated heterocycles. The van der Waals surface area contributed by atoms with Crippen LogP contribution in [-0.2, 0) is 16.1 Å². The van der Waals surface area contributed by atoms with Gasteiger partial charge in [0.2, 0.25) is 0 Å². The quantitative estimate of drug-likeness (QED) is 0.357. The topological polar surface area (TPSA) is 79.7 Å². The van der Waals surface area contributed by atoms with Crippen molar-refractivity contribution < 1.29 is 19.4 Å². The smallest absolute Gasteiger partial charge is 0.296 e. The number of nitrogens with zero attached hydrogens (tertiary/aromatic N) is 2. The number of aromatic nitrogens is 1. The Kier molecular flexibility index (Phi) is 6.03. The van der Waals surface area contributed by atoms with Crippen molar-refractivity contribution in [3.8, 4) is 5.75 Å². The second kappa shape index (κ2) is 9.06. The Morgan fingerprint density at radius 3 is 2.47 bits per heavy atom. The highest BCUT2D eigenvalue weighted by atomic mass is 16.5. The molecule has 3 aromatic rings. The summed E-state index contributed by atoms with van der Waals surface area (Å²) in [5, 5.41) is 11.2. The number of aliphatic hydroxyl groups excluding tert-OH is 1. The molecule has 1 aliphatic heterocycles. The molecule has 1 unspecified atom stereocenters. The zero-order valence-corrected chi connectivity index (χ0v) is 18.0.